The van der Waals surface area contributed by atoms with Crippen molar-refractivity contribution in [3.63, 3.8) is 0 Å². The Morgan fingerprint density at radius 1 is 1.15 bits per heavy atom. The largest absolute Gasteiger partial charge is 0.350 e. The van der Waals surface area contributed by atoms with Crippen molar-refractivity contribution >= 4 is 22.2 Å². The SMILES string of the molecule is Cn1cc(CN2CCc3nc(-c4cccs4)ncc3C2)c2ccccc21. The van der Waals surface area contributed by atoms with Gasteiger partial charge in [0.05, 0.1) is 10.6 Å². The van der Waals surface area contributed by atoms with Gasteiger partial charge in [0.15, 0.2) is 5.82 Å². The molecule has 1 aliphatic heterocycles. The number of rotatable bonds is 3. The Bertz CT molecular complexity index is 1070. The zero-order valence-electron chi connectivity index (χ0n) is 14.7. The lowest BCUT2D eigenvalue weighted by Crippen LogP contribution is -2.30. The van der Waals surface area contributed by atoms with Crippen molar-refractivity contribution in [2.45, 2.75) is 19.5 Å². The van der Waals surface area contributed by atoms with Crippen LogP contribution in [0.1, 0.15) is 16.8 Å². The summed E-state index contributed by atoms with van der Waals surface area (Å²) in [6.07, 6.45) is 5.27. The van der Waals surface area contributed by atoms with Crippen molar-refractivity contribution < 1.29 is 0 Å². The maximum absolute atomic E-state index is 4.82. The third kappa shape index (κ3) is 2.73. The molecule has 0 aliphatic carbocycles. The van der Waals surface area contributed by atoms with Crippen molar-refractivity contribution in [1.29, 1.82) is 0 Å². The number of aromatic nitrogens is 3. The highest BCUT2D eigenvalue weighted by Gasteiger charge is 2.20. The molecule has 0 saturated carbocycles. The lowest BCUT2D eigenvalue weighted by atomic mass is 10.1. The van der Waals surface area contributed by atoms with Crippen molar-refractivity contribution in [2.75, 3.05) is 6.54 Å². The van der Waals surface area contributed by atoms with Gasteiger partial charge in [-0.05, 0) is 23.1 Å². The van der Waals surface area contributed by atoms with Gasteiger partial charge in [-0.25, -0.2) is 9.97 Å². The van der Waals surface area contributed by atoms with E-state index in [1.54, 1.807) is 11.3 Å². The maximum Gasteiger partial charge on any atom is 0.169 e. The molecular formula is C21H20N4S. The minimum atomic E-state index is 0.862. The van der Waals surface area contributed by atoms with Crippen LogP contribution in [-0.2, 0) is 26.6 Å². The second-order valence-corrected chi connectivity index (χ2v) is 7.83. The molecule has 5 heteroatoms. The summed E-state index contributed by atoms with van der Waals surface area (Å²) in [7, 11) is 2.12. The first-order valence-electron chi connectivity index (χ1n) is 8.92. The van der Waals surface area contributed by atoms with Crippen LogP contribution in [-0.4, -0.2) is 26.0 Å². The number of benzene rings is 1. The third-order valence-electron chi connectivity index (χ3n) is 5.13. The second-order valence-electron chi connectivity index (χ2n) is 6.89. The van der Waals surface area contributed by atoms with Gasteiger partial charge < -0.3 is 4.57 Å². The molecule has 0 atom stereocenters. The van der Waals surface area contributed by atoms with Crippen molar-refractivity contribution in [1.82, 2.24) is 19.4 Å². The van der Waals surface area contributed by atoms with E-state index in [1.807, 2.05) is 6.20 Å². The van der Waals surface area contributed by atoms with Gasteiger partial charge in [0.25, 0.3) is 0 Å². The fourth-order valence-electron chi connectivity index (χ4n) is 3.83. The topological polar surface area (TPSA) is 34.0 Å². The van der Waals surface area contributed by atoms with E-state index < -0.39 is 0 Å². The summed E-state index contributed by atoms with van der Waals surface area (Å²) in [5, 5.41) is 3.43. The monoisotopic (exact) mass is 360 g/mol. The number of hydrogen-bond donors (Lipinski definition) is 0. The van der Waals surface area contributed by atoms with Crippen LogP contribution < -0.4 is 0 Å². The summed E-state index contributed by atoms with van der Waals surface area (Å²) in [6, 6.07) is 12.8. The quantitative estimate of drug-likeness (QED) is 0.547. The summed E-state index contributed by atoms with van der Waals surface area (Å²) >= 11 is 1.69. The Morgan fingerprint density at radius 2 is 2.08 bits per heavy atom. The summed E-state index contributed by atoms with van der Waals surface area (Å²) in [5.74, 6) is 0.862. The molecule has 0 bridgehead atoms. The van der Waals surface area contributed by atoms with E-state index >= 15 is 0 Å². The summed E-state index contributed by atoms with van der Waals surface area (Å²) in [5.41, 5.74) is 5.15. The Kier molecular flexibility index (Phi) is 3.84. The van der Waals surface area contributed by atoms with Crippen molar-refractivity contribution in [3.05, 3.63) is 71.0 Å². The summed E-state index contributed by atoms with van der Waals surface area (Å²) < 4.78 is 2.22. The standard InChI is InChI=1S/C21H20N4S/c1-24-12-16(17-5-2-3-6-19(17)24)14-25-9-8-18-15(13-25)11-22-21(23-18)20-7-4-10-26-20/h2-7,10-12H,8-9,13-14H2,1H3. The van der Waals surface area contributed by atoms with E-state index in [2.05, 4.69) is 69.5 Å². The van der Waals surface area contributed by atoms with Crippen LogP contribution in [0.15, 0.2) is 54.2 Å². The Hall–Kier alpha value is -2.50. The van der Waals surface area contributed by atoms with E-state index in [-0.39, 0.29) is 0 Å². The smallest absolute Gasteiger partial charge is 0.169 e. The maximum atomic E-state index is 4.82. The third-order valence-corrected chi connectivity index (χ3v) is 5.99. The average molecular weight is 360 g/mol. The van der Waals surface area contributed by atoms with Crippen LogP contribution in [0.3, 0.4) is 0 Å². The van der Waals surface area contributed by atoms with Crippen LogP contribution in [0, 0.1) is 0 Å². The highest BCUT2D eigenvalue weighted by Crippen LogP contribution is 2.26. The van der Waals surface area contributed by atoms with Gasteiger partial charge in [0.1, 0.15) is 0 Å². The molecule has 4 nitrogen and oxygen atoms in total. The van der Waals surface area contributed by atoms with Gasteiger partial charge in [-0.15, -0.1) is 11.3 Å². The highest BCUT2D eigenvalue weighted by atomic mass is 32.1. The zero-order valence-corrected chi connectivity index (χ0v) is 15.5. The first kappa shape index (κ1) is 15.7. The molecule has 0 unspecified atom stereocenters. The van der Waals surface area contributed by atoms with Crippen LogP contribution in [0.25, 0.3) is 21.6 Å². The van der Waals surface area contributed by atoms with E-state index in [0.29, 0.717) is 0 Å². The van der Waals surface area contributed by atoms with E-state index in [0.717, 1.165) is 36.8 Å². The molecule has 4 heterocycles. The van der Waals surface area contributed by atoms with Crippen molar-refractivity contribution in [3.8, 4) is 10.7 Å². The van der Waals surface area contributed by atoms with Gasteiger partial charge in [0.2, 0.25) is 0 Å². The van der Waals surface area contributed by atoms with E-state index in [9.17, 15) is 0 Å². The minimum Gasteiger partial charge on any atom is -0.350 e. The van der Waals surface area contributed by atoms with Crippen LogP contribution in [0.4, 0.5) is 0 Å². The lowest BCUT2D eigenvalue weighted by molar-refractivity contribution is 0.243. The second kappa shape index (κ2) is 6.34. The molecular weight excluding hydrogens is 340 g/mol. The summed E-state index contributed by atoms with van der Waals surface area (Å²) in [6.45, 7) is 2.92. The molecule has 1 aliphatic rings. The number of nitrogens with zero attached hydrogens (tertiary/aromatic N) is 4. The lowest BCUT2D eigenvalue weighted by Gasteiger charge is -2.27. The molecule has 0 amide bonds. The fourth-order valence-corrected chi connectivity index (χ4v) is 4.49. The Labute approximate surface area is 156 Å². The number of thiophene rings is 1. The van der Waals surface area contributed by atoms with Crippen LogP contribution >= 0.6 is 11.3 Å². The fraction of sp³-hybridized carbons (Fsp3) is 0.238. The summed E-state index contributed by atoms with van der Waals surface area (Å²) in [4.78, 5) is 13.1. The van der Waals surface area contributed by atoms with E-state index in [4.69, 9.17) is 4.98 Å². The number of aryl methyl sites for hydroxylation is 1. The molecule has 26 heavy (non-hydrogen) atoms. The van der Waals surface area contributed by atoms with Gasteiger partial charge in [-0.1, -0.05) is 24.3 Å². The molecule has 0 saturated heterocycles. The predicted molar refractivity (Wildman–Crippen MR) is 106 cm³/mol. The number of para-hydroxylation sites is 1. The van der Waals surface area contributed by atoms with Crippen LogP contribution in [0.2, 0.25) is 0 Å². The first-order chi connectivity index (χ1) is 12.8. The molecule has 1 aromatic carbocycles. The van der Waals surface area contributed by atoms with Gasteiger partial charge in [-0.2, -0.15) is 0 Å². The van der Waals surface area contributed by atoms with Gasteiger partial charge >= 0.3 is 0 Å². The Balaban J connectivity index is 1.39. The zero-order chi connectivity index (χ0) is 17.5. The molecule has 3 aromatic heterocycles. The van der Waals surface area contributed by atoms with Gasteiger partial charge in [-0.3, -0.25) is 4.90 Å². The Morgan fingerprint density at radius 3 is 2.96 bits per heavy atom. The normalized spacial score (nSPS) is 14.7. The molecule has 0 spiro atoms. The number of hydrogen-bond acceptors (Lipinski definition) is 4. The molecule has 4 aromatic rings. The van der Waals surface area contributed by atoms with Crippen LogP contribution in [0.5, 0.6) is 0 Å². The van der Waals surface area contributed by atoms with Gasteiger partial charge in [0, 0.05) is 62.0 Å². The average Bonchev–Trinajstić information content (AvgIpc) is 3.31. The highest BCUT2D eigenvalue weighted by molar-refractivity contribution is 7.13. The minimum absolute atomic E-state index is 0.862. The number of fused-ring (bicyclic) bond motifs is 2. The van der Waals surface area contributed by atoms with Crippen molar-refractivity contribution in [2.24, 2.45) is 7.05 Å². The molecule has 0 N–H and O–H groups in total. The predicted octanol–water partition coefficient (Wildman–Crippen LogP) is 4.26. The molecule has 0 radical (unpaired) electrons. The first-order valence-corrected chi connectivity index (χ1v) is 9.80. The van der Waals surface area contributed by atoms with E-state index in [1.165, 1.54) is 27.7 Å². The molecule has 5 rings (SSSR count). The molecule has 0 fully saturated rings. The molecule has 130 valence electrons.